The first-order chi connectivity index (χ1) is 14.1. The Hall–Kier alpha value is -3.01. The van der Waals surface area contributed by atoms with E-state index >= 15 is 0 Å². The molecule has 0 saturated heterocycles. The predicted molar refractivity (Wildman–Crippen MR) is 118 cm³/mol. The highest BCUT2D eigenvalue weighted by Gasteiger charge is 2.25. The summed E-state index contributed by atoms with van der Waals surface area (Å²) in [6, 6.07) is 17.2. The summed E-state index contributed by atoms with van der Waals surface area (Å²) in [6.07, 6.45) is 5.72. The number of nitrogens with one attached hydrogen (secondary N) is 2. The number of H-pyrrole nitrogens is 1. The van der Waals surface area contributed by atoms with Crippen LogP contribution in [0.5, 0.6) is 0 Å². The Kier molecular flexibility index (Phi) is 4.42. The number of rotatable bonds is 4. The molecule has 0 bridgehead atoms. The van der Waals surface area contributed by atoms with Crippen molar-refractivity contribution in [1.29, 1.82) is 0 Å². The molecule has 0 aliphatic heterocycles. The molecule has 0 spiro atoms. The highest BCUT2D eigenvalue weighted by atomic mass is 16.1. The molecule has 0 saturated carbocycles. The van der Waals surface area contributed by atoms with Gasteiger partial charge in [-0.2, -0.15) is 0 Å². The minimum Gasteiger partial charge on any atom is -0.356 e. The van der Waals surface area contributed by atoms with Crippen LogP contribution in [-0.4, -0.2) is 15.5 Å². The molecule has 1 amide bonds. The quantitative estimate of drug-likeness (QED) is 0.483. The molecule has 1 aliphatic carbocycles. The second-order valence-electron chi connectivity index (χ2n) is 8.42. The number of carbonyl (C=O) groups is 1. The van der Waals surface area contributed by atoms with Crippen LogP contribution in [-0.2, 0) is 17.6 Å². The van der Waals surface area contributed by atoms with Crippen molar-refractivity contribution < 1.29 is 4.79 Å². The molecule has 2 heterocycles. The van der Waals surface area contributed by atoms with E-state index in [1.54, 1.807) is 0 Å². The number of para-hydroxylation sites is 2. The number of fused-ring (bicyclic) bond motifs is 4. The fourth-order valence-corrected chi connectivity index (χ4v) is 4.82. The molecule has 0 radical (unpaired) electrons. The minimum absolute atomic E-state index is 0.0668. The number of aryl methyl sites for hydroxylation is 1. The highest BCUT2D eigenvalue weighted by Crippen LogP contribution is 2.34. The van der Waals surface area contributed by atoms with E-state index in [2.05, 4.69) is 77.4 Å². The number of benzene rings is 2. The van der Waals surface area contributed by atoms with Gasteiger partial charge in [0.15, 0.2) is 0 Å². The lowest BCUT2D eigenvalue weighted by Crippen LogP contribution is -2.32. The number of hydrogen-bond donors (Lipinski definition) is 2. The Labute approximate surface area is 170 Å². The van der Waals surface area contributed by atoms with E-state index in [1.165, 1.54) is 33.1 Å². The van der Waals surface area contributed by atoms with E-state index in [1.807, 2.05) is 6.07 Å². The molecule has 5 rings (SSSR count). The van der Waals surface area contributed by atoms with Crippen molar-refractivity contribution in [3.8, 4) is 0 Å². The maximum absolute atomic E-state index is 13.0. The molecule has 1 atom stereocenters. The lowest BCUT2D eigenvalue weighted by atomic mass is 9.91. The van der Waals surface area contributed by atoms with Crippen LogP contribution < -0.4 is 5.32 Å². The third-order valence-corrected chi connectivity index (χ3v) is 6.18. The Balaban J connectivity index is 1.41. The zero-order valence-corrected chi connectivity index (χ0v) is 17.0. The first-order valence-corrected chi connectivity index (χ1v) is 10.6. The predicted octanol–water partition coefficient (Wildman–Crippen LogP) is 5.44. The molecule has 2 N–H and O–H groups in total. The third-order valence-electron chi connectivity index (χ3n) is 6.18. The van der Waals surface area contributed by atoms with Crippen LogP contribution in [0.15, 0.2) is 54.7 Å². The summed E-state index contributed by atoms with van der Waals surface area (Å²) in [7, 11) is 0. The molecule has 2 aromatic heterocycles. The normalized spacial score (nSPS) is 16.4. The van der Waals surface area contributed by atoms with Crippen LogP contribution in [0.1, 0.15) is 55.6 Å². The van der Waals surface area contributed by atoms with Crippen LogP contribution in [0, 0.1) is 0 Å². The topological polar surface area (TPSA) is 49.8 Å². The van der Waals surface area contributed by atoms with Crippen molar-refractivity contribution in [2.45, 2.75) is 51.6 Å². The van der Waals surface area contributed by atoms with Crippen molar-refractivity contribution in [2.24, 2.45) is 0 Å². The summed E-state index contributed by atoms with van der Waals surface area (Å²) in [4.78, 5) is 16.6. The van der Waals surface area contributed by atoms with Crippen LogP contribution in [0.3, 0.4) is 0 Å². The van der Waals surface area contributed by atoms with Gasteiger partial charge in [-0.05, 0) is 56.4 Å². The standard InChI is InChI=1S/C25H27N3O/c1-16(2)28-15-17(18-8-4-6-13-23(18)28)14-24(29)26-22-12-7-10-20-19-9-3-5-11-21(19)27-25(20)22/h3-6,8-9,11,13,15-16,22,27H,7,10,12,14H2,1-2H3,(H,26,29)/t22-/m0/s1. The molecule has 29 heavy (non-hydrogen) atoms. The summed E-state index contributed by atoms with van der Waals surface area (Å²) in [5.74, 6) is 0.0909. The lowest BCUT2D eigenvalue weighted by Gasteiger charge is -2.24. The molecule has 148 valence electrons. The van der Waals surface area contributed by atoms with Crippen LogP contribution in [0.2, 0.25) is 0 Å². The first kappa shape index (κ1) is 18.0. The average molecular weight is 386 g/mol. The zero-order chi connectivity index (χ0) is 20.0. The monoisotopic (exact) mass is 385 g/mol. The second kappa shape index (κ2) is 7.11. The highest BCUT2D eigenvalue weighted by molar-refractivity contribution is 5.90. The second-order valence-corrected chi connectivity index (χ2v) is 8.42. The smallest absolute Gasteiger partial charge is 0.225 e. The van der Waals surface area contributed by atoms with Gasteiger partial charge in [0.25, 0.3) is 0 Å². The van der Waals surface area contributed by atoms with Gasteiger partial charge < -0.3 is 14.9 Å². The van der Waals surface area contributed by atoms with Crippen molar-refractivity contribution in [2.75, 3.05) is 0 Å². The van der Waals surface area contributed by atoms with Crippen LogP contribution >= 0.6 is 0 Å². The van der Waals surface area contributed by atoms with E-state index in [-0.39, 0.29) is 11.9 Å². The number of carbonyl (C=O) groups excluding carboxylic acids is 1. The van der Waals surface area contributed by atoms with E-state index in [4.69, 9.17) is 0 Å². The van der Waals surface area contributed by atoms with Crippen molar-refractivity contribution >= 4 is 27.7 Å². The number of aromatic amines is 1. The average Bonchev–Trinajstić information content (AvgIpc) is 3.28. The zero-order valence-electron chi connectivity index (χ0n) is 17.0. The summed E-state index contributed by atoms with van der Waals surface area (Å²) in [6.45, 7) is 4.35. The van der Waals surface area contributed by atoms with E-state index in [0.717, 1.165) is 24.8 Å². The largest absolute Gasteiger partial charge is 0.356 e. The van der Waals surface area contributed by atoms with E-state index in [9.17, 15) is 4.79 Å². The summed E-state index contributed by atoms with van der Waals surface area (Å²) in [5, 5.41) is 5.77. The Morgan fingerprint density at radius 1 is 1.14 bits per heavy atom. The molecule has 1 aliphatic rings. The number of hydrogen-bond acceptors (Lipinski definition) is 1. The number of aromatic nitrogens is 2. The molecule has 0 fully saturated rings. The summed E-state index contributed by atoms with van der Waals surface area (Å²) < 4.78 is 2.26. The Bertz CT molecular complexity index is 1200. The van der Waals surface area contributed by atoms with Crippen molar-refractivity contribution in [1.82, 2.24) is 14.9 Å². The molecular formula is C25H27N3O. The van der Waals surface area contributed by atoms with Gasteiger partial charge in [0.2, 0.25) is 5.91 Å². The van der Waals surface area contributed by atoms with Crippen LogP contribution in [0.4, 0.5) is 0 Å². The Morgan fingerprint density at radius 3 is 2.72 bits per heavy atom. The van der Waals surface area contributed by atoms with Crippen LogP contribution in [0.25, 0.3) is 21.8 Å². The van der Waals surface area contributed by atoms with Gasteiger partial charge >= 0.3 is 0 Å². The number of amides is 1. The summed E-state index contributed by atoms with van der Waals surface area (Å²) >= 11 is 0. The molecular weight excluding hydrogens is 358 g/mol. The molecule has 2 aromatic carbocycles. The van der Waals surface area contributed by atoms with Gasteiger partial charge in [0.05, 0.1) is 12.5 Å². The maximum atomic E-state index is 13.0. The number of nitrogens with zero attached hydrogens (tertiary/aromatic N) is 1. The lowest BCUT2D eigenvalue weighted by molar-refractivity contribution is -0.121. The fraction of sp³-hybridized carbons (Fsp3) is 0.320. The van der Waals surface area contributed by atoms with E-state index in [0.29, 0.717) is 12.5 Å². The molecule has 4 heteroatoms. The van der Waals surface area contributed by atoms with Gasteiger partial charge in [0.1, 0.15) is 0 Å². The van der Waals surface area contributed by atoms with Gasteiger partial charge in [-0.1, -0.05) is 36.4 Å². The van der Waals surface area contributed by atoms with Gasteiger partial charge in [-0.15, -0.1) is 0 Å². The van der Waals surface area contributed by atoms with Gasteiger partial charge in [-0.25, -0.2) is 0 Å². The Morgan fingerprint density at radius 2 is 1.90 bits per heavy atom. The van der Waals surface area contributed by atoms with Crippen molar-refractivity contribution in [3.63, 3.8) is 0 Å². The van der Waals surface area contributed by atoms with Gasteiger partial charge in [0, 0.05) is 39.7 Å². The third kappa shape index (κ3) is 3.13. The van der Waals surface area contributed by atoms with E-state index < -0.39 is 0 Å². The molecule has 4 aromatic rings. The van der Waals surface area contributed by atoms with Crippen molar-refractivity contribution in [3.05, 3.63) is 71.5 Å². The molecule has 4 nitrogen and oxygen atoms in total. The first-order valence-electron chi connectivity index (χ1n) is 10.6. The fourth-order valence-electron chi connectivity index (χ4n) is 4.82. The van der Waals surface area contributed by atoms with Gasteiger partial charge in [-0.3, -0.25) is 4.79 Å². The minimum atomic E-state index is 0.0668. The maximum Gasteiger partial charge on any atom is 0.225 e. The summed E-state index contributed by atoms with van der Waals surface area (Å²) in [5.41, 5.74) is 6.02. The molecule has 0 unspecified atom stereocenters. The SMILES string of the molecule is CC(C)n1cc(CC(=O)N[C@H]2CCCc3c2[nH]c2ccccc32)c2ccccc21.